The Kier molecular flexibility index (Phi) is 9.96. The average molecular weight is 324 g/mol. The molecule has 0 bridgehead atoms. The molecule has 0 heterocycles. The molecule has 0 aromatic heterocycles. The van der Waals surface area contributed by atoms with Gasteiger partial charge >= 0.3 is 65.3 Å². The zero-order valence-electron chi connectivity index (χ0n) is 14.9. The van der Waals surface area contributed by atoms with Crippen molar-refractivity contribution in [2.24, 2.45) is 11.8 Å². The third-order valence-corrected chi connectivity index (χ3v) is 6.03. The molecular formula is C21H29AlO. The Balaban J connectivity index is 0.000000257. The van der Waals surface area contributed by atoms with E-state index >= 15 is 0 Å². The molecule has 0 aliphatic rings. The topological polar surface area (TPSA) is 23.1 Å². The smallest absolute Gasteiger partial charge is 0.0572 e. The largest absolute Gasteiger partial charge is 0.845 e. The molecule has 0 aliphatic carbocycles. The Labute approximate surface area is 148 Å². The second kappa shape index (κ2) is 11.5. The van der Waals surface area contributed by atoms with Gasteiger partial charge in [0.1, 0.15) is 0 Å². The van der Waals surface area contributed by atoms with E-state index in [0.717, 1.165) is 38.2 Å². The Morgan fingerprint density at radius 3 is 1.35 bits per heavy atom. The average Bonchev–Trinajstić information content (AvgIpc) is 2.56. The van der Waals surface area contributed by atoms with Crippen molar-refractivity contribution in [3.05, 3.63) is 71.8 Å². The molecule has 0 saturated carbocycles. The predicted octanol–water partition coefficient (Wildman–Crippen LogP) is 4.98. The standard InChI is InChI=1S/C13H11O.2C4H9.Al/c14-13(11-7-3-1-4-8-11)12-9-5-2-6-10-12;2*1-4(2)3;/h1-10,13H;2*4H,1H2,2-3H3;/q-1;;;+1. The van der Waals surface area contributed by atoms with Gasteiger partial charge in [-0.25, -0.2) is 0 Å². The van der Waals surface area contributed by atoms with Crippen LogP contribution in [0.3, 0.4) is 0 Å². The zero-order chi connectivity index (χ0) is 17.1. The minimum Gasteiger partial charge on any atom is -0.845 e. The maximum atomic E-state index is 11.9. The summed E-state index contributed by atoms with van der Waals surface area (Å²) in [7, 11) is 0. The molecule has 23 heavy (non-hydrogen) atoms. The summed E-state index contributed by atoms with van der Waals surface area (Å²) in [6, 6.07) is 18.9. The molecule has 1 nitrogen and oxygen atoms in total. The van der Waals surface area contributed by atoms with Gasteiger partial charge < -0.3 is 5.11 Å². The number of benzene rings is 2. The van der Waals surface area contributed by atoms with E-state index in [9.17, 15) is 5.11 Å². The van der Waals surface area contributed by atoms with Gasteiger partial charge in [-0.05, 0) is 0 Å². The van der Waals surface area contributed by atoms with Crippen LogP contribution >= 0.6 is 0 Å². The molecule has 0 N–H and O–H groups in total. The van der Waals surface area contributed by atoms with Gasteiger partial charge in [0.05, 0.1) is 0 Å². The van der Waals surface area contributed by atoms with E-state index in [4.69, 9.17) is 0 Å². The van der Waals surface area contributed by atoms with Gasteiger partial charge in [0.25, 0.3) is 0 Å². The molecule has 2 aromatic rings. The fourth-order valence-corrected chi connectivity index (χ4v) is 3.74. The second-order valence-corrected chi connectivity index (χ2v) is 8.27. The van der Waals surface area contributed by atoms with Crippen LogP contribution < -0.4 is 5.11 Å². The molecule has 0 saturated heterocycles. The van der Waals surface area contributed by atoms with Crippen molar-refractivity contribution < 1.29 is 5.11 Å². The molecule has 0 radical (unpaired) electrons. The van der Waals surface area contributed by atoms with Crippen LogP contribution in [-0.4, -0.2) is 15.2 Å². The summed E-state index contributed by atoms with van der Waals surface area (Å²) in [5.41, 5.74) is 1.64. The second-order valence-electron chi connectivity index (χ2n) is 6.75. The van der Waals surface area contributed by atoms with Gasteiger partial charge in [-0.1, -0.05) is 77.9 Å². The Morgan fingerprint density at radius 1 is 0.696 bits per heavy atom. The van der Waals surface area contributed by atoms with Crippen LogP contribution in [0, 0.1) is 11.8 Å². The van der Waals surface area contributed by atoms with Crippen LogP contribution in [0.15, 0.2) is 60.7 Å². The number of hydrogen-bond acceptors (Lipinski definition) is 1. The summed E-state index contributed by atoms with van der Waals surface area (Å²) in [5.74, 6) is 1.86. The van der Waals surface area contributed by atoms with Gasteiger partial charge in [0.15, 0.2) is 0 Å². The van der Waals surface area contributed by atoms with E-state index in [2.05, 4.69) is 27.7 Å². The van der Waals surface area contributed by atoms with E-state index in [-0.39, 0.29) is 0 Å². The van der Waals surface area contributed by atoms with Gasteiger partial charge in [-0.3, -0.25) is 0 Å². The van der Waals surface area contributed by atoms with Crippen molar-refractivity contribution in [3.8, 4) is 0 Å². The minimum atomic E-state index is -0.766. The van der Waals surface area contributed by atoms with Crippen molar-refractivity contribution in [1.82, 2.24) is 0 Å². The summed E-state index contributed by atoms with van der Waals surface area (Å²) >= 11 is 0.755. The summed E-state index contributed by atoms with van der Waals surface area (Å²) in [4.78, 5) is 0. The van der Waals surface area contributed by atoms with Crippen molar-refractivity contribution in [1.29, 1.82) is 0 Å². The fraction of sp³-hybridized carbons (Fsp3) is 0.429. The molecule has 0 atom stereocenters. The third kappa shape index (κ3) is 8.96. The zero-order valence-corrected chi connectivity index (χ0v) is 16.1. The first-order chi connectivity index (χ1) is 11.0. The minimum absolute atomic E-state index is 0.755. The van der Waals surface area contributed by atoms with Crippen molar-refractivity contribution in [3.63, 3.8) is 0 Å². The van der Waals surface area contributed by atoms with Crippen molar-refractivity contribution >= 4 is 15.2 Å². The van der Waals surface area contributed by atoms with Crippen LogP contribution in [0.5, 0.6) is 0 Å². The number of rotatable bonds is 6. The predicted molar refractivity (Wildman–Crippen MR) is 99.8 cm³/mol. The van der Waals surface area contributed by atoms with Crippen LogP contribution in [0.25, 0.3) is 0 Å². The van der Waals surface area contributed by atoms with Crippen LogP contribution in [-0.2, 0) is 0 Å². The molecule has 0 fully saturated rings. The van der Waals surface area contributed by atoms with E-state index in [1.807, 2.05) is 60.7 Å². The number of hydrogen-bond donors (Lipinski definition) is 0. The summed E-state index contributed by atoms with van der Waals surface area (Å²) < 4.78 is 0. The molecule has 2 aromatic carbocycles. The summed E-state index contributed by atoms with van der Waals surface area (Å²) in [6.45, 7) is 9.25. The molecule has 2 rings (SSSR count). The maximum Gasteiger partial charge on any atom is -0.0572 e. The van der Waals surface area contributed by atoms with E-state index in [1.54, 1.807) is 0 Å². The SMILES string of the molecule is CC(C)[CH2][Al+][CH2]C(C)C.[O-]C(c1ccccc1)c1ccccc1. The molecule has 2 heteroatoms. The quantitative estimate of drug-likeness (QED) is 0.688. The van der Waals surface area contributed by atoms with Gasteiger partial charge in [0.2, 0.25) is 0 Å². The first kappa shape index (κ1) is 20.0. The monoisotopic (exact) mass is 324 g/mol. The Bertz CT molecular complexity index is 460. The first-order valence-corrected chi connectivity index (χ1v) is 10.2. The van der Waals surface area contributed by atoms with Crippen molar-refractivity contribution in [2.45, 2.75) is 44.4 Å². The fourth-order valence-electron chi connectivity index (χ4n) is 2.21. The Hall–Kier alpha value is -1.07. The maximum absolute atomic E-state index is 11.9. The molecular weight excluding hydrogens is 295 g/mol. The van der Waals surface area contributed by atoms with Gasteiger partial charge in [-0.2, -0.15) is 0 Å². The molecule has 0 amide bonds. The van der Waals surface area contributed by atoms with Crippen LogP contribution in [0.1, 0.15) is 44.9 Å². The summed E-state index contributed by atoms with van der Waals surface area (Å²) in [6.07, 6.45) is -0.766. The molecule has 0 spiro atoms. The molecule has 0 aliphatic heterocycles. The third-order valence-electron chi connectivity index (χ3n) is 3.48. The molecule has 0 unspecified atom stereocenters. The van der Waals surface area contributed by atoms with Gasteiger partial charge in [0, 0.05) is 0 Å². The van der Waals surface area contributed by atoms with E-state index in [0.29, 0.717) is 0 Å². The van der Waals surface area contributed by atoms with Crippen LogP contribution in [0.4, 0.5) is 0 Å². The van der Waals surface area contributed by atoms with Crippen molar-refractivity contribution in [2.75, 3.05) is 0 Å². The van der Waals surface area contributed by atoms with Crippen LogP contribution in [0.2, 0.25) is 10.6 Å². The van der Waals surface area contributed by atoms with E-state index < -0.39 is 6.10 Å². The van der Waals surface area contributed by atoms with Gasteiger partial charge in [-0.15, -0.1) is 0 Å². The summed E-state index contributed by atoms with van der Waals surface area (Å²) in [5, 5.41) is 14.9. The Morgan fingerprint density at radius 2 is 1.04 bits per heavy atom. The van der Waals surface area contributed by atoms with E-state index in [1.165, 1.54) is 10.6 Å². The normalized spacial score (nSPS) is 10.4. The first-order valence-electron chi connectivity index (χ1n) is 8.58. The molecule has 122 valence electrons.